The average Bonchev–Trinajstić information content (AvgIpc) is 3.17. The molecule has 1 saturated heterocycles. The van der Waals surface area contributed by atoms with Crippen molar-refractivity contribution in [2.45, 2.75) is 78.7 Å². The maximum Gasteiger partial charge on any atom is 0.300 e. The number of methoxy groups -OCH3 is 1. The molecule has 1 heterocycles. The van der Waals surface area contributed by atoms with Gasteiger partial charge in [0.25, 0.3) is 11.7 Å². The predicted octanol–water partition coefficient (Wildman–Crippen LogP) is 8.17. The molecule has 0 bridgehead atoms. The SMILES string of the molecule is COc1cc(C)c(/C(O)=C2\C(=O)C(=O)N(c3ccc(C(C)C)cc3)C2c2ccc(C(C)(C)C)cc2)cc1C(C)C. The number of hydrogen-bond donors (Lipinski definition) is 1. The molecule has 5 nitrogen and oxygen atoms in total. The summed E-state index contributed by atoms with van der Waals surface area (Å²) in [6, 6.07) is 18.7. The number of aliphatic hydroxyl groups is 1. The summed E-state index contributed by atoms with van der Waals surface area (Å²) in [7, 11) is 1.62. The maximum absolute atomic E-state index is 13.7. The molecular weight excluding hydrogens is 498 g/mol. The van der Waals surface area contributed by atoms with Crippen molar-refractivity contribution in [1.29, 1.82) is 0 Å². The summed E-state index contributed by atoms with van der Waals surface area (Å²) in [4.78, 5) is 28.9. The lowest BCUT2D eigenvalue weighted by Crippen LogP contribution is -2.29. The van der Waals surface area contributed by atoms with Crippen molar-refractivity contribution in [2.75, 3.05) is 12.0 Å². The molecule has 1 aliphatic rings. The second kappa shape index (κ2) is 11.0. The van der Waals surface area contributed by atoms with E-state index in [4.69, 9.17) is 4.74 Å². The summed E-state index contributed by atoms with van der Waals surface area (Å²) in [5, 5.41) is 11.8. The number of ether oxygens (including phenoxy) is 1. The third-order valence-corrected chi connectivity index (χ3v) is 7.83. The van der Waals surface area contributed by atoms with Gasteiger partial charge in [-0.2, -0.15) is 0 Å². The van der Waals surface area contributed by atoms with E-state index in [9.17, 15) is 14.7 Å². The molecule has 1 unspecified atom stereocenters. The van der Waals surface area contributed by atoms with Crippen molar-refractivity contribution in [1.82, 2.24) is 0 Å². The Balaban J connectivity index is 1.96. The zero-order chi connectivity index (χ0) is 29.5. The number of anilines is 1. The van der Waals surface area contributed by atoms with Crippen LogP contribution in [0.25, 0.3) is 5.76 Å². The van der Waals surface area contributed by atoms with Gasteiger partial charge in [0.05, 0.1) is 18.7 Å². The number of benzene rings is 3. The molecule has 1 atom stereocenters. The van der Waals surface area contributed by atoms with Gasteiger partial charge < -0.3 is 9.84 Å². The molecule has 1 aliphatic heterocycles. The molecule has 5 heteroatoms. The largest absolute Gasteiger partial charge is 0.507 e. The minimum atomic E-state index is -0.775. The van der Waals surface area contributed by atoms with Crippen LogP contribution in [0.15, 0.2) is 66.2 Å². The van der Waals surface area contributed by atoms with E-state index in [1.54, 1.807) is 7.11 Å². The average molecular weight is 540 g/mol. The first-order valence-corrected chi connectivity index (χ1v) is 14.0. The fourth-order valence-corrected chi connectivity index (χ4v) is 5.33. The molecule has 0 radical (unpaired) electrons. The van der Waals surface area contributed by atoms with Gasteiger partial charge in [-0.3, -0.25) is 14.5 Å². The third kappa shape index (κ3) is 5.30. The molecule has 4 rings (SSSR count). The lowest BCUT2D eigenvalue weighted by molar-refractivity contribution is -0.132. The number of aliphatic hydroxyl groups excluding tert-OH is 1. The van der Waals surface area contributed by atoms with Crippen LogP contribution in [0, 0.1) is 6.92 Å². The van der Waals surface area contributed by atoms with Crippen molar-refractivity contribution >= 4 is 23.1 Å². The van der Waals surface area contributed by atoms with Crippen LogP contribution < -0.4 is 9.64 Å². The number of ketones is 1. The maximum atomic E-state index is 13.7. The highest BCUT2D eigenvalue weighted by atomic mass is 16.5. The van der Waals surface area contributed by atoms with E-state index in [0.717, 1.165) is 33.6 Å². The monoisotopic (exact) mass is 539 g/mol. The van der Waals surface area contributed by atoms with E-state index in [-0.39, 0.29) is 22.7 Å². The first-order chi connectivity index (χ1) is 18.8. The van der Waals surface area contributed by atoms with Crippen LogP contribution in [0.1, 0.15) is 99.7 Å². The van der Waals surface area contributed by atoms with Crippen molar-refractivity contribution in [3.63, 3.8) is 0 Å². The Morgan fingerprint density at radius 1 is 0.900 bits per heavy atom. The molecular formula is C35H41NO4. The van der Waals surface area contributed by atoms with E-state index >= 15 is 0 Å². The van der Waals surface area contributed by atoms with Gasteiger partial charge in [0, 0.05) is 11.3 Å². The van der Waals surface area contributed by atoms with E-state index in [2.05, 4.69) is 34.6 Å². The molecule has 40 heavy (non-hydrogen) atoms. The van der Waals surface area contributed by atoms with Gasteiger partial charge in [0.1, 0.15) is 11.5 Å². The zero-order valence-corrected chi connectivity index (χ0v) is 25.1. The van der Waals surface area contributed by atoms with Gasteiger partial charge in [-0.1, -0.05) is 84.9 Å². The van der Waals surface area contributed by atoms with Crippen LogP contribution in [0.2, 0.25) is 0 Å². The van der Waals surface area contributed by atoms with E-state index in [0.29, 0.717) is 17.2 Å². The highest BCUT2D eigenvalue weighted by Crippen LogP contribution is 2.44. The lowest BCUT2D eigenvalue weighted by Gasteiger charge is -2.27. The number of carbonyl (C=O) groups is 2. The Morgan fingerprint density at radius 2 is 1.50 bits per heavy atom. The third-order valence-electron chi connectivity index (χ3n) is 7.83. The molecule has 0 saturated carbocycles. The number of rotatable bonds is 6. The molecule has 1 fully saturated rings. The van der Waals surface area contributed by atoms with Crippen LogP contribution >= 0.6 is 0 Å². The minimum Gasteiger partial charge on any atom is -0.507 e. The first kappa shape index (κ1) is 29.1. The molecule has 210 valence electrons. The van der Waals surface area contributed by atoms with Crippen LogP contribution in [0.4, 0.5) is 5.69 Å². The minimum absolute atomic E-state index is 0.0551. The Morgan fingerprint density at radius 3 is 2.00 bits per heavy atom. The fraction of sp³-hybridized carbons (Fsp3) is 0.371. The van der Waals surface area contributed by atoms with Crippen molar-refractivity contribution in [2.24, 2.45) is 0 Å². The van der Waals surface area contributed by atoms with Gasteiger partial charge in [0.15, 0.2) is 0 Å². The fourth-order valence-electron chi connectivity index (χ4n) is 5.33. The summed E-state index contributed by atoms with van der Waals surface area (Å²) in [6.07, 6.45) is 0. The second-order valence-electron chi connectivity index (χ2n) is 12.4. The topological polar surface area (TPSA) is 66.8 Å². The molecule has 0 spiro atoms. The van der Waals surface area contributed by atoms with Crippen molar-refractivity contribution < 1.29 is 19.4 Å². The van der Waals surface area contributed by atoms with Crippen LogP contribution in [0.5, 0.6) is 5.75 Å². The highest BCUT2D eigenvalue weighted by molar-refractivity contribution is 6.51. The normalized spacial score (nSPS) is 17.3. The molecule has 1 amide bonds. The molecule has 0 aliphatic carbocycles. The van der Waals surface area contributed by atoms with Crippen LogP contribution in [-0.4, -0.2) is 23.9 Å². The molecule has 3 aromatic rings. The molecule has 1 N–H and O–H groups in total. The number of aryl methyl sites for hydroxylation is 1. The van der Waals surface area contributed by atoms with Gasteiger partial charge >= 0.3 is 0 Å². The number of nitrogens with zero attached hydrogens (tertiary/aromatic N) is 1. The summed E-state index contributed by atoms with van der Waals surface area (Å²) in [5.41, 5.74) is 5.89. The molecule has 0 aromatic heterocycles. The number of Topliss-reactive ketones (excluding diaryl/α,β-unsaturated/α-hetero) is 1. The Bertz CT molecular complexity index is 1450. The summed E-state index contributed by atoms with van der Waals surface area (Å²) >= 11 is 0. The highest BCUT2D eigenvalue weighted by Gasteiger charge is 2.47. The molecule has 3 aromatic carbocycles. The summed E-state index contributed by atoms with van der Waals surface area (Å²) in [6.45, 7) is 16.6. The quantitative estimate of drug-likeness (QED) is 0.195. The predicted molar refractivity (Wildman–Crippen MR) is 162 cm³/mol. The summed E-state index contributed by atoms with van der Waals surface area (Å²) < 4.78 is 5.59. The van der Waals surface area contributed by atoms with E-state index in [1.165, 1.54) is 4.90 Å². The van der Waals surface area contributed by atoms with Crippen LogP contribution in [0.3, 0.4) is 0 Å². The van der Waals surface area contributed by atoms with Crippen molar-refractivity contribution in [3.05, 3.63) is 99.6 Å². The lowest BCUT2D eigenvalue weighted by atomic mass is 9.85. The van der Waals surface area contributed by atoms with Crippen LogP contribution in [-0.2, 0) is 15.0 Å². The van der Waals surface area contributed by atoms with E-state index < -0.39 is 17.7 Å². The number of amides is 1. The van der Waals surface area contributed by atoms with Crippen molar-refractivity contribution in [3.8, 4) is 5.75 Å². The van der Waals surface area contributed by atoms with Gasteiger partial charge in [-0.05, 0) is 76.3 Å². The Hall–Kier alpha value is -3.86. The smallest absolute Gasteiger partial charge is 0.300 e. The number of hydrogen-bond acceptors (Lipinski definition) is 4. The summed E-state index contributed by atoms with van der Waals surface area (Å²) in [5.74, 6) is -0.338. The zero-order valence-electron chi connectivity index (χ0n) is 25.1. The Kier molecular flexibility index (Phi) is 7.98. The standard InChI is InChI=1S/C35H41NO4/c1-20(2)23-12-16-26(17-13-23)36-31(24-10-14-25(15-11-24)35(6,7)8)30(33(38)34(36)39)32(37)28-19-27(21(3)4)29(40-9)18-22(28)5/h10-21,31,37H,1-9H3/b32-30+. The van der Waals surface area contributed by atoms with E-state index in [1.807, 2.05) is 81.4 Å². The number of carbonyl (C=O) groups excluding carboxylic acids is 2. The van der Waals surface area contributed by atoms with Gasteiger partial charge in [0.2, 0.25) is 0 Å². The second-order valence-corrected chi connectivity index (χ2v) is 12.4. The first-order valence-electron chi connectivity index (χ1n) is 14.0. The van der Waals surface area contributed by atoms with Gasteiger partial charge in [-0.25, -0.2) is 0 Å². The van der Waals surface area contributed by atoms with Gasteiger partial charge in [-0.15, -0.1) is 0 Å². The Labute approximate surface area is 238 Å².